The van der Waals surface area contributed by atoms with E-state index in [-0.39, 0.29) is 36.3 Å². The van der Waals surface area contributed by atoms with E-state index >= 15 is 0 Å². The van der Waals surface area contributed by atoms with Crippen molar-refractivity contribution >= 4 is 17.7 Å². The molecule has 4 aliphatic rings. The number of fused-ring (bicyclic) bond motifs is 1. The van der Waals surface area contributed by atoms with Gasteiger partial charge < -0.3 is 9.64 Å². The number of nitrogens with zero attached hydrogens (tertiary/aromatic N) is 3. The molecular formula is C28H29F3N4O4. The molecule has 2 saturated heterocycles. The maximum absolute atomic E-state index is 13.0. The van der Waals surface area contributed by atoms with Crippen LogP contribution in [0, 0.1) is 0 Å². The van der Waals surface area contributed by atoms with Crippen molar-refractivity contribution in [2.24, 2.45) is 0 Å². The van der Waals surface area contributed by atoms with Crippen molar-refractivity contribution in [3.8, 4) is 5.75 Å². The molecule has 3 aliphatic heterocycles. The Balaban J connectivity index is 1.09. The lowest BCUT2D eigenvalue weighted by Gasteiger charge is -2.48. The van der Waals surface area contributed by atoms with Gasteiger partial charge >= 0.3 is 6.18 Å². The second-order valence-electron chi connectivity index (χ2n) is 10.8. The van der Waals surface area contributed by atoms with Gasteiger partial charge in [0.1, 0.15) is 17.9 Å². The largest absolute Gasteiger partial charge is 0.489 e. The zero-order valence-electron chi connectivity index (χ0n) is 21.2. The number of imide groups is 1. The van der Waals surface area contributed by atoms with Gasteiger partial charge in [0.05, 0.1) is 5.56 Å². The molecule has 11 heteroatoms. The van der Waals surface area contributed by atoms with Crippen molar-refractivity contribution in [1.29, 1.82) is 0 Å². The van der Waals surface area contributed by atoms with Crippen LogP contribution in [0.2, 0.25) is 0 Å². The van der Waals surface area contributed by atoms with E-state index in [4.69, 9.17) is 4.74 Å². The van der Waals surface area contributed by atoms with E-state index in [1.807, 2.05) is 6.07 Å². The number of likely N-dealkylation sites (tertiary alicyclic amines) is 1. The maximum atomic E-state index is 13.0. The molecule has 3 amide bonds. The first-order chi connectivity index (χ1) is 18.7. The van der Waals surface area contributed by atoms with Crippen molar-refractivity contribution in [2.45, 2.75) is 75.4 Å². The summed E-state index contributed by atoms with van der Waals surface area (Å²) < 4.78 is 45.0. The van der Waals surface area contributed by atoms with Gasteiger partial charge in [-0.05, 0) is 61.6 Å². The van der Waals surface area contributed by atoms with E-state index in [9.17, 15) is 27.6 Å². The molecular weight excluding hydrogens is 513 g/mol. The minimum Gasteiger partial charge on any atom is -0.489 e. The number of hydrogen-bond donors (Lipinski definition) is 1. The predicted octanol–water partition coefficient (Wildman–Crippen LogP) is 3.65. The third-order valence-corrected chi connectivity index (χ3v) is 8.36. The normalized spacial score (nSPS) is 26.3. The zero-order valence-corrected chi connectivity index (χ0v) is 21.2. The number of aromatic nitrogens is 1. The van der Waals surface area contributed by atoms with E-state index in [1.165, 1.54) is 11.0 Å². The van der Waals surface area contributed by atoms with Crippen molar-refractivity contribution < 1.29 is 32.3 Å². The number of carbonyl (C=O) groups is 3. The SMILES string of the molecule is O=C1CCC(N2Cc3cc(OC4CCCCC4N4CC(c5ccc(C(F)(F)F)cn5)C4)ccc3C2=O)C(=O)N1. The van der Waals surface area contributed by atoms with Crippen molar-refractivity contribution in [2.75, 3.05) is 13.1 Å². The Morgan fingerprint density at radius 1 is 1.00 bits per heavy atom. The van der Waals surface area contributed by atoms with Gasteiger partial charge in [0.25, 0.3) is 5.91 Å². The van der Waals surface area contributed by atoms with Gasteiger partial charge in [-0.1, -0.05) is 6.42 Å². The molecule has 1 aromatic carbocycles. The molecule has 1 N–H and O–H groups in total. The first-order valence-corrected chi connectivity index (χ1v) is 13.4. The summed E-state index contributed by atoms with van der Waals surface area (Å²) in [6, 6.07) is 7.51. The number of hydrogen-bond acceptors (Lipinski definition) is 6. The summed E-state index contributed by atoms with van der Waals surface area (Å²) in [4.78, 5) is 44.7. The minimum atomic E-state index is -4.39. The highest BCUT2D eigenvalue weighted by atomic mass is 19.4. The number of piperidine rings is 1. The first-order valence-electron chi connectivity index (χ1n) is 13.4. The lowest BCUT2D eigenvalue weighted by atomic mass is 9.85. The Morgan fingerprint density at radius 3 is 2.51 bits per heavy atom. The van der Waals surface area contributed by atoms with Crippen LogP contribution in [-0.2, 0) is 22.3 Å². The minimum absolute atomic E-state index is 0.0401. The number of amides is 3. The first kappa shape index (κ1) is 25.8. The Morgan fingerprint density at radius 2 is 1.79 bits per heavy atom. The summed E-state index contributed by atoms with van der Waals surface area (Å²) in [6.07, 6.45) is 1.00. The fourth-order valence-corrected chi connectivity index (χ4v) is 6.22. The fourth-order valence-electron chi connectivity index (χ4n) is 6.22. The van der Waals surface area contributed by atoms with Crippen LogP contribution in [0.1, 0.15) is 71.6 Å². The van der Waals surface area contributed by atoms with Crippen LogP contribution in [0.4, 0.5) is 13.2 Å². The van der Waals surface area contributed by atoms with E-state index < -0.39 is 23.7 Å². The maximum Gasteiger partial charge on any atom is 0.417 e. The second kappa shape index (κ2) is 9.93. The molecule has 0 radical (unpaired) electrons. The lowest BCUT2D eigenvalue weighted by molar-refractivity contribution is -0.138. The Hall–Kier alpha value is -3.47. The third-order valence-electron chi connectivity index (χ3n) is 8.36. The van der Waals surface area contributed by atoms with Gasteiger partial charge in [0.15, 0.2) is 0 Å². The van der Waals surface area contributed by atoms with Crippen molar-refractivity contribution in [1.82, 2.24) is 20.1 Å². The van der Waals surface area contributed by atoms with Crippen LogP contribution in [0.15, 0.2) is 36.5 Å². The molecule has 4 heterocycles. The van der Waals surface area contributed by atoms with Crippen LogP contribution < -0.4 is 10.1 Å². The fraction of sp³-hybridized carbons (Fsp3) is 0.500. The molecule has 1 aliphatic carbocycles. The number of nitrogens with one attached hydrogen (secondary N) is 1. The number of rotatable bonds is 5. The van der Waals surface area contributed by atoms with Crippen molar-refractivity contribution in [3.05, 3.63) is 58.9 Å². The lowest BCUT2D eigenvalue weighted by Crippen LogP contribution is -2.57. The molecule has 0 bridgehead atoms. The molecule has 2 aromatic rings. The average Bonchev–Trinajstić information content (AvgIpc) is 3.19. The summed E-state index contributed by atoms with van der Waals surface area (Å²) >= 11 is 0. The van der Waals surface area contributed by atoms with Crippen LogP contribution >= 0.6 is 0 Å². The van der Waals surface area contributed by atoms with Crippen LogP contribution in [-0.4, -0.2) is 63.8 Å². The summed E-state index contributed by atoms with van der Waals surface area (Å²) in [7, 11) is 0. The van der Waals surface area contributed by atoms with E-state index in [0.29, 0.717) is 30.0 Å². The molecule has 3 fully saturated rings. The van der Waals surface area contributed by atoms with E-state index in [2.05, 4.69) is 15.2 Å². The topological polar surface area (TPSA) is 91.8 Å². The van der Waals surface area contributed by atoms with Gasteiger partial charge in [0, 0.05) is 55.5 Å². The van der Waals surface area contributed by atoms with E-state index in [1.54, 1.807) is 12.1 Å². The Kier molecular flexibility index (Phi) is 6.57. The van der Waals surface area contributed by atoms with Crippen LogP contribution in [0.5, 0.6) is 5.75 Å². The van der Waals surface area contributed by atoms with Gasteiger partial charge in [-0.25, -0.2) is 0 Å². The summed E-state index contributed by atoms with van der Waals surface area (Å²) in [5.41, 5.74) is 1.28. The number of alkyl halides is 3. The highest BCUT2D eigenvalue weighted by Gasteiger charge is 2.41. The van der Waals surface area contributed by atoms with Gasteiger partial charge in [-0.2, -0.15) is 13.2 Å². The molecule has 1 aromatic heterocycles. The standard InChI is InChI=1S/C28H29F3N4O4/c29-28(30,31)18-5-8-21(32-12-18)17-13-34(14-17)22-3-1-2-4-24(22)39-19-6-7-20-16(11-19)15-35(27(20)38)23-9-10-25(36)33-26(23)37/h5-8,11-12,17,22-24H,1-4,9-10,13-15H2,(H,33,36,37). The number of carbonyl (C=O) groups excluding carboxylic acids is 3. The highest BCUT2D eigenvalue weighted by molar-refractivity contribution is 6.05. The molecule has 1 saturated carbocycles. The number of benzene rings is 1. The molecule has 0 spiro atoms. The monoisotopic (exact) mass is 542 g/mol. The molecule has 8 nitrogen and oxygen atoms in total. The quantitative estimate of drug-likeness (QED) is 0.580. The smallest absolute Gasteiger partial charge is 0.417 e. The third kappa shape index (κ3) is 4.99. The number of ether oxygens (including phenoxy) is 1. The second-order valence-corrected chi connectivity index (χ2v) is 10.8. The number of halogens is 3. The molecule has 3 atom stereocenters. The van der Waals surface area contributed by atoms with Crippen molar-refractivity contribution in [3.63, 3.8) is 0 Å². The molecule has 3 unspecified atom stereocenters. The molecule has 6 rings (SSSR count). The molecule has 39 heavy (non-hydrogen) atoms. The van der Waals surface area contributed by atoms with Crippen LogP contribution in [0.25, 0.3) is 0 Å². The average molecular weight is 543 g/mol. The number of pyridine rings is 1. The van der Waals surface area contributed by atoms with Gasteiger partial charge in [-0.15, -0.1) is 0 Å². The Bertz CT molecular complexity index is 1290. The summed E-state index contributed by atoms with van der Waals surface area (Å²) in [5.74, 6) is -0.204. The van der Waals surface area contributed by atoms with Crippen LogP contribution in [0.3, 0.4) is 0 Å². The summed E-state index contributed by atoms with van der Waals surface area (Å²) in [6.45, 7) is 1.74. The van der Waals surface area contributed by atoms with E-state index in [0.717, 1.165) is 56.6 Å². The zero-order chi connectivity index (χ0) is 27.3. The summed E-state index contributed by atoms with van der Waals surface area (Å²) in [5, 5.41) is 2.32. The van der Waals surface area contributed by atoms with Gasteiger partial charge in [-0.3, -0.25) is 29.6 Å². The highest BCUT2D eigenvalue weighted by Crippen LogP contribution is 2.37. The van der Waals surface area contributed by atoms with Gasteiger partial charge in [0.2, 0.25) is 11.8 Å². The Labute approximate surface area is 223 Å². The predicted molar refractivity (Wildman–Crippen MR) is 133 cm³/mol. The molecule has 206 valence electrons.